The number of thioether (sulfide) groups is 1. The number of pyridine rings is 1. The van der Waals surface area contributed by atoms with E-state index in [1.807, 2.05) is 31.3 Å². The molecule has 1 atom stereocenters. The summed E-state index contributed by atoms with van der Waals surface area (Å²) >= 11 is 2.09. The molecule has 0 radical (unpaired) electrons. The van der Waals surface area contributed by atoms with Crippen LogP contribution in [0, 0.1) is 5.92 Å². The Morgan fingerprint density at radius 3 is 2.96 bits per heavy atom. The van der Waals surface area contributed by atoms with Crippen LogP contribution in [0.5, 0.6) is 0 Å². The van der Waals surface area contributed by atoms with Crippen LogP contribution in [-0.2, 0) is 6.54 Å². The van der Waals surface area contributed by atoms with Crippen molar-refractivity contribution in [3.63, 3.8) is 0 Å². The second-order valence-electron chi connectivity index (χ2n) is 6.69. The fourth-order valence-corrected chi connectivity index (χ4v) is 3.97. The van der Waals surface area contributed by atoms with Crippen molar-refractivity contribution in [1.29, 1.82) is 0 Å². The van der Waals surface area contributed by atoms with Crippen molar-refractivity contribution < 1.29 is 0 Å². The van der Waals surface area contributed by atoms with Gasteiger partial charge in [-0.25, -0.2) is 9.98 Å². The number of nitrogens with one attached hydrogen (secondary N) is 1. The summed E-state index contributed by atoms with van der Waals surface area (Å²) in [5.74, 6) is 3.88. The summed E-state index contributed by atoms with van der Waals surface area (Å²) in [7, 11) is 4.02. The van der Waals surface area contributed by atoms with Crippen molar-refractivity contribution >= 4 is 23.5 Å². The van der Waals surface area contributed by atoms with Crippen LogP contribution >= 0.6 is 11.8 Å². The average molecular weight is 350 g/mol. The fraction of sp³-hybridized carbons (Fsp3) is 0.667. The first-order valence-corrected chi connectivity index (χ1v) is 9.83. The van der Waals surface area contributed by atoms with Gasteiger partial charge < -0.3 is 15.1 Å². The van der Waals surface area contributed by atoms with E-state index >= 15 is 0 Å². The van der Waals surface area contributed by atoms with Crippen molar-refractivity contribution in [2.75, 3.05) is 44.4 Å². The highest BCUT2D eigenvalue weighted by Crippen LogP contribution is 2.25. The Labute approximate surface area is 150 Å². The molecule has 0 bridgehead atoms. The molecule has 2 heterocycles. The molecule has 6 heteroatoms. The van der Waals surface area contributed by atoms with Gasteiger partial charge in [0.15, 0.2) is 5.96 Å². The Bertz CT molecular complexity index is 544. The minimum Gasteiger partial charge on any atom is -0.363 e. The molecule has 1 fully saturated rings. The zero-order valence-electron chi connectivity index (χ0n) is 15.6. The van der Waals surface area contributed by atoms with E-state index in [-0.39, 0.29) is 0 Å². The second kappa shape index (κ2) is 9.16. The molecule has 5 nitrogen and oxygen atoms in total. The van der Waals surface area contributed by atoms with Gasteiger partial charge in [0.1, 0.15) is 5.82 Å². The number of aliphatic imine (C=N–C) groups is 1. The highest BCUT2D eigenvalue weighted by molar-refractivity contribution is 8.00. The van der Waals surface area contributed by atoms with Crippen molar-refractivity contribution in [2.45, 2.75) is 32.6 Å². The number of hydrogen-bond donors (Lipinski definition) is 1. The molecule has 0 aliphatic carbocycles. The van der Waals surface area contributed by atoms with E-state index < -0.39 is 0 Å². The third kappa shape index (κ3) is 5.30. The van der Waals surface area contributed by atoms with Crippen LogP contribution in [0.3, 0.4) is 0 Å². The lowest BCUT2D eigenvalue weighted by Gasteiger charge is -2.36. The molecule has 1 N–H and O–H groups in total. The van der Waals surface area contributed by atoms with Crippen molar-refractivity contribution in [2.24, 2.45) is 10.9 Å². The van der Waals surface area contributed by atoms with Gasteiger partial charge in [0.2, 0.25) is 0 Å². The topological polar surface area (TPSA) is 43.8 Å². The van der Waals surface area contributed by atoms with Crippen LogP contribution in [0.25, 0.3) is 0 Å². The number of guanidine groups is 1. The van der Waals surface area contributed by atoms with E-state index in [4.69, 9.17) is 4.99 Å². The van der Waals surface area contributed by atoms with E-state index in [1.54, 1.807) is 0 Å². The maximum absolute atomic E-state index is 4.88. The highest BCUT2D eigenvalue weighted by atomic mass is 32.2. The summed E-state index contributed by atoms with van der Waals surface area (Å²) in [4.78, 5) is 13.7. The van der Waals surface area contributed by atoms with E-state index in [2.05, 4.69) is 53.8 Å². The molecule has 134 valence electrons. The number of aromatic nitrogens is 1. The van der Waals surface area contributed by atoms with Crippen molar-refractivity contribution in [3.05, 3.63) is 23.9 Å². The standard InChI is InChI=1S/C18H31N5S/c1-6-19-18(23-9-10-24-16(13-23)14(2)3)21-12-15-7-8-20-17(11-15)22(4)5/h7-8,11,14,16H,6,9-10,12-13H2,1-5H3,(H,19,21). The first kappa shape index (κ1) is 18.9. The van der Waals surface area contributed by atoms with Gasteiger partial charge in [-0.15, -0.1) is 0 Å². The van der Waals surface area contributed by atoms with Crippen LogP contribution in [0.4, 0.5) is 5.82 Å². The lowest BCUT2D eigenvalue weighted by Crippen LogP contribution is -2.49. The molecule has 1 saturated heterocycles. The maximum Gasteiger partial charge on any atom is 0.194 e. The van der Waals surface area contributed by atoms with Gasteiger partial charge in [-0.1, -0.05) is 13.8 Å². The van der Waals surface area contributed by atoms with Crippen molar-refractivity contribution in [3.8, 4) is 0 Å². The molecule has 0 saturated carbocycles. The Balaban J connectivity index is 2.09. The zero-order valence-corrected chi connectivity index (χ0v) is 16.4. The predicted octanol–water partition coefficient (Wildman–Crippen LogP) is 2.69. The monoisotopic (exact) mass is 349 g/mol. The lowest BCUT2D eigenvalue weighted by atomic mass is 10.1. The summed E-state index contributed by atoms with van der Waals surface area (Å²) in [6, 6.07) is 4.15. The molecule has 1 aliphatic rings. The predicted molar refractivity (Wildman–Crippen MR) is 106 cm³/mol. The maximum atomic E-state index is 4.88. The Morgan fingerprint density at radius 1 is 1.50 bits per heavy atom. The molecule has 1 aromatic heterocycles. The molecule has 24 heavy (non-hydrogen) atoms. The summed E-state index contributed by atoms with van der Waals surface area (Å²) < 4.78 is 0. The van der Waals surface area contributed by atoms with E-state index in [0.29, 0.717) is 17.7 Å². The first-order valence-electron chi connectivity index (χ1n) is 8.78. The molecule has 1 aromatic rings. The summed E-state index contributed by atoms with van der Waals surface area (Å²) in [6.45, 7) is 10.5. The Hall–Kier alpha value is -1.43. The number of anilines is 1. The third-order valence-corrected chi connectivity index (χ3v) is 5.69. The zero-order chi connectivity index (χ0) is 17.5. The minimum absolute atomic E-state index is 0.682. The average Bonchev–Trinajstić information content (AvgIpc) is 2.59. The molecule has 1 aliphatic heterocycles. The number of hydrogen-bond acceptors (Lipinski definition) is 4. The van der Waals surface area contributed by atoms with Crippen LogP contribution in [0.1, 0.15) is 26.3 Å². The van der Waals surface area contributed by atoms with Gasteiger partial charge in [-0.3, -0.25) is 0 Å². The minimum atomic E-state index is 0.682. The van der Waals surface area contributed by atoms with E-state index in [0.717, 1.165) is 31.4 Å². The van der Waals surface area contributed by atoms with E-state index in [9.17, 15) is 0 Å². The molecule has 2 rings (SSSR count). The highest BCUT2D eigenvalue weighted by Gasteiger charge is 2.24. The SMILES string of the molecule is CCNC(=NCc1ccnc(N(C)C)c1)N1CCSC(C(C)C)C1. The van der Waals surface area contributed by atoms with Crippen molar-refractivity contribution in [1.82, 2.24) is 15.2 Å². The van der Waals surface area contributed by atoms with Gasteiger partial charge in [0.05, 0.1) is 6.54 Å². The second-order valence-corrected chi connectivity index (χ2v) is 8.03. The van der Waals surface area contributed by atoms with Gasteiger partial charge in [0, 0.05) is 50.9 Å². The number of rotatable bonds is 5. The summed E-state index contributed by atoms with van der Waals surface area (Å²) in [5.41, 5.74) is 1.19. The molecular formula is C18H31N5S. The van der Waals surface area contributed by atoms with Crippen LogP contribution in [-0.4, -0.2) is 60.6 Å². The van der Waals surface area contributed by atoms with Gasteiger partial charge in [0.25, 0.3) is 0 Å². The van der Waals surface area contributed by atoms with Crippen LogP contribution in [0.2, 0.25) is 0 Å². The normalized spacial score (nSPS) is 18.8. The van der Waals surface area contributed by atoms with Gasteiger partial charge in [-0.2, -0.15) is 11.8 Å². The molecule has 1 unspecified atom stereocenters. The lowest BCUT2D eigenvalue weighted by molar-refractivity contribution is 0.381. The first-order chi connectivity index (χ1) is 11.5. The largest absolute Gasteiger partial charge is 0.363 e. The quantitative estimate of drug-likeness (QED) is 0.654. The fourth-order valence-electron chi connectivity index (χ4n) is 2.67. The smallest absolute Gasteiger partial charge is 0.194 e. The molecule has 0 amide bonds. The molecule has 0 spiro atoms. The van der Waals surface area contributed by atoms with Gasteiger partial charge in [-0.05, 0) is 30.5 Å². The van der Waals surface area contributed by atoms with E-state index in [1.165, 1.54) is 11.3 Å². The van der Waals surface area contributed by atoms with Gasteiger partial charge >= 0.3 is 0 Å². The van der Waals surface area contributed by atoms with Crippen LogP contribution in [0.15, 0.2) is 23.3 Å². The summed E-state index contributed by atoms with van der Waals surface area (Å²) in [5, 5.41) is 4.14. The molecular weight excluding hydrogens is 318 g/mol. The third-order valence-electron chi connectivity index (χ3n) is 4.15. The Morgan fingerprint density at radius 2 is 2.29 bits per heavy atom. The number of nitrogens with zero attached hydrogens (tertiary/aromatic N) is 4. The molecule has 0 aromatic carbocycles. The summed E-state index contributed by atoms with van der Waals surface area (Å²) in [6.07, 6.45) is 1.86. The Kier molecular flexibility index (Phi) is 7.21. The van der Waals surface area contributed by atoms with Crippen LogP contribution < -0.4 is 10.2 Å².